The maximum atomic E-state index is 5.76. The van der Waals surface area contributed by atoms with Gasteiger partial charge in [0.25, 0.3) is 0 Å². The lowest BCUT2D eigenvalue weighted by molar-refractivity contribution is 0.0516. The standard InChI is InChI=1S/C14H23NO/c1-4-12(2)15-10-13(3)16-11-14-8-6-5-7-9-14/h5-9,12-13,15H,4,10-11H2,1-3H3. The Morgan fingerprint density at radius 1 is 1.19 bits per heavy atom. The van der Waals surface area contributed by atoms with Crippen molar-refractivity contribution < 1.29 is 4.74 Å². The molecule has 0 aliphatic rings. The van der Waals surface area contributed by atoms with Gasteiger partial charge in [0, 0.05) is 12.6 Å². The molecule has 0 radical (unpaired) electrons. The Morgan fingerprint density at radius 3 is 2.50 bits per heavy atom. The molecule has 0 heterocycles. The van der Waals surface area contributed by atoms with E-state index in [1.807, 2.05) is 18.2 Å². The van der Waals surface area contributed by atoms with Crippen LogP contribution >= 0.6 is 0 Å². The van der Waals surface area contributed by atoms with Gasteiger partial charge in [-0.3, -0.25) is 0 Å². The van der Waals surface area contributed by atoms with Gasteiger partial charge in [-0.15, -0.1) is 0 Å². The predicted molar refractivity (Wildman–Crippen MR) is 68.4 cm³/mol. The molecule has 0 bridgehead atoms. The van der Waals surface area contributed by atoms with E-state index in [1.165, 1.54) is 5.56 Å². The molecule has 2 unspecified atom stereocenters. The molecule has 16 heavy (non-hydrogen) atoms. The molecule has 0 saturated carbocycles. The number of ether oxygens (including phenoxy) is 1. The molecular weight excluding hydrogens is 198 g/mol. The Balaban J connectivity index is 2.18. The zero-order valence-corrected chi connectivity index (χ0v) is 10.6. The van der Waals surface area contributed by atoms with Crippen LogP contribution in [0.3, 0.4) is 0 Å². The first-order valence-electron chi connectivity index (χ1n) is 6.11. The molecule has 2 atom stereocenters. The highest BCUT2D eigenvalue weighted by Crippen LogP contribution is 2.03. The van der Waals surface area contributed by atoms with Gasteiger partial charge in [-0.1, -0.05) is 37.3 Å². The summed E-state index contributed by atoms with van der Waals surface area (Å²) in [5.74, 6) is 0. The Labute approximate surface area is 99.0 Å². The summed E-state index contributed by atoms with van der Waals surface area (Å²) in [6, 6.07) is 10.9. The topological polar surface area (TPSA) is 21.3 Å². The molecule has 0 saturated heterocycles. The van der Waals surface area contributed by atoms with Crippen molar-refractivity contribution in [2.45, 2.75) is 45.9 Å². The zero-order chi connectivity index (χ0) is 11.8. The molecule has 90 valence electrons. The van der Waals surface area contributed by atoms with Crippen molar-refractivity contribution in [2.24, 2.45) is 0 Å². The summed E-state index contributed by atoms with van der Waals surface area (Å²) in [6.45, 7) is 8.11. The number of hydrogen-bond donors (Lipinski definition) is 1. The number of nitrogens with one attached hydrogen (secondary N) is 1. The van der Waals surface area contributed by atoms with Crippen LogP contribution in [-0.2, 0) is 11.3 Å². The fraction of sp³-hybridized carbons (Fsp3) is 0.571. The molecule has 0 aliphatic heterocycles. The lowest BCUT2D eigenvalue weighted by atomic mass is 10.2. The van der Waals surface area contributed by atoms with Crippen LogP contribution in [0.2, 0.25) is 0 Å². The minimum atomic E-state index is 0.259. The summed E-state index contributed by atoms with van der Waals surface area (Å²) in [5, 5.41) is 3.44. The van der Waals surface area contributed by atoms with E-state index in [9.17, 15) is 0 Å². The highest BCUT2D eigenvalue weighted by atomic mass is 16.5. The van der Waals surface area contributed by atoms with Crippen LogP contribution in [0, 0.1) is 0 Å². The van der Waals surface area contributed by atoms with Crippen molar-refractivity contribution in [2.75, 3.05) is 6.54 Å². The van der Waals surface area contributed by atoms with Gasteiger partial charge >= 0.3 is 0 Å². The molecular formula is C14H23NO. The van der Waals surface area contributed by atoms with Crippen LogP contribution in [0.4, 0.5) is 0 Å². The SMILES string of the molecule is CCC(C)NCC(C)OCc1ccccc1. The minimum absolute atomic E-state index is 0.259. The van der Waals surface area contributed by atoms with Crippen molar-refractivity contribution in [3.05, 3.63) is 35.9 Å². The molecule has 2 nitrogen and oxygen atoms in total. The Hall–Kier alpha value is -0.860. The molecule has 1 aromatic carbocycles. The summed E-state index contributed by atoms with van der Waals surface area (Å²) in [4.78, 5) is 0. The zero-order valence-electron chi connectivity index (χ0n) is 10.6. The van der Waals surface area contributed by atoms with Crippen LogP contribution in [0.1, 0.15) is 32.8 Å². The first kappa shape index (κ1) is 13.2. The normalized spacial score (nSPS) is 14.7. The smallest absolute Gasteiger partial charge is 0.0721 e. The number of benzene rings is 1. The van der Waals surface area contributed by atoms with Gasteiger partial charge in [0.1, 0.15) is 0 Å². The molecule has 1 rings (SSSR count). The summed E-state index contributed by atoms with van der Waals surface area (Å²) in [6.07, 6.45) is 1.42. The van der Waals surface area contributed by atoms with E-state index in [0.717, 1.165) is 13.0 Å². The summed E-state index contributed by atoms with van der Waals surface area (Å²) in [5.41, 5.74) is 1.23. The molecule has 0 amide bonds. The molecule has 2 heteroatoms. The largest absolute Gasteiger partial charge is 0.373 e. The summed E-state index contributed by atoms with van der Waals surface area (Å²) >= 11 is 0. The maximum Gasteiger partial charge on any atom is 0.0721 e. The van der Waals surface area contributed by atoms with Gasteiger partial charge in [-0.2, -0.15) is 0 Å². The van der Waals surface area contributed by atoms with E-state index >= 15 is 0 Å². The van der Waals surface area contributed by atoms with E-state index in [2.05, 4.69) is 38.2 Å². The molecule has 1 aromatic rings. The van der Waals surface area contributed by atoms with Crippen LogP contribution in [0.5, 0.6) is 0 Å². The Bertz CT molecular complexity index is 273. The van der Waals surface area contributed by atoms with Crippen molar-refractivity contribution in [3.8, 4) is 0 Å². The average Bonchev–Trinajstić information content (AvgIpc) is 2.34. The van der Waals surface area contributed by atoms with Gasteiger partial charge in [0.05, 0.1) is 12.7 Å². The van der Waals surface area contributed by atoms with Crippen molar-refractivity contribution in [1.29, 1.82) is 0 Å². The van der Waals surface area contributed by atoms with Crippen molar-refractivity contribution >= 4 is 0 Å². The second-order valence-electron chi connectivity index (χ2n) is 4.32. The van der Waals surface area contributed by atoms with Crippen LogP contribution < -0.4 is 5.32 Å². The maximum absolute atomic E-state index is 5.76. The van der Waals surface area contributed by atoms with Gasteiger partial charge in [0.15, 0.2) is 0 Å². The lowest BCUT2D eigenvalue weighted by Crippen LogP contribution is -2.33. The van der Waals surface area contributed by atoms with Crippen molar-refractivity contribution in [3.63, 3.8) is 0 Å². The first-order chi connectivity index (χ1) is 7.72. The second-order valence-corrected chi connectivity index (χ2v) is 4.32. The Morgan fingerprint density at radius 2 is 1.88 bits per heavy atom. The molecule has 0 spiro atoms. The second kappa shape index (κ2) is 7.42. The van der Waals surface area contributed by atoms with E-state index in [4.69, 9.17) is 4.74 Å². The quantitative estimate of drug-likeness (QED) is 0.764. The summed E-state index contributed by atoms with van der Waals surface area (Å²) in [7, 11) is 0. The monoisotopic (exact) mass is 221 g/mol. The highest BCUT2D eigenvalue weighted by Gasteiger charge is 2.04. The first-order valence-corrected chi connectivity index (χ1v) is 6.11. The van der Waals surface area contributed by atoms with Crippen molar-refractivity contribution in [1.82, 2.24) is 5.32 Å². The van der Waals surface area contributed by atoms with E-state index in [0.29, 0.717) is 12.6 Å². The Kier molecular flexibility index (Phi) is 6.12. The minimum Gasteiger partial charge on any atom is -0.373 e. The molecule has 1 N–H and O–H groups in total. The average molecular weight is 221 g/mol. The lowest BCUT2D eigenvalue weighted by Gasteiger charge is -2.17. The molecule has 0 aliphatic carbocycles. The van der Waals surface area contributed by atoms with E-state index < -0.39 is 0 Å². The van der Waals surface area contributed by atoms with Gasteiger partial charge in [-0.05, 0) is 25.8 Å². The fourth-order valence-electron chi connectivity index (χ4n) is 1.38. The van der Waals surface area contributed by atoms with E-state index in [1.54, 1.807) is 0 Å². The number of hydrogen-bond acceptors (Lipinski definition) is 2. The molecule has 0 fully saturated rings. The van der Waals surface area contributed by atoms with Crippen LogP contribution in [-0.4, -0.2) is 18.7 Å². The van der Waals surface area contributed by atoms with Gasteiger partial charge in [0.2, 0.25) is 0 Å². The van der Waals surface area contributed by atoms with Crippen LogP contribution in [0.25, 0.3) is 0 Å². The van der Waals surface area contributed by atoms with E-state index in [-0.39, 0.29) is 6.10 Å². The third kappa shape index (κ3) is 5.29. The third-order valence-electron chi connectivity index (χ3n) is 2.74. The third-order valence-corrected chi connectivity index (χ3v) is 2.74. The highest BCUT2D eigenvalue weighted by molar-refractivity contribution is 5.13. The number of rotatable bonds is 7. The molecule has 0 aromatic heterocycles. The van der Waals surface area contributed by atoms with Gasteiger partial charge < -0.3 is 10.1 Å². The summed E-state index contributed by atoms with van der Waals surface area (Å²) < 4.78 is 5.76. The predicted octanol–water partition coefficient (Wildman–Crippen LogP) is 2.98. The van der Waals surface area contributed by atoms with Gasteiger partial charge in [-0.25, -0.2) is 0 Å². The van der Waals surface area contributed by atoms with Crippen LogP contribution in [0.15, 0.2) is 30.3 Å². The fourth-order valence-corrected chi connectivity index (χ4v) is 1.38.